The predicted molar refractivity (Wildman–Crippen MR) is 88.8 cm³/mol. The Morgan fingerprint density at radius 3 is 2.48 bits per heavy atom. The summed E-state index contributed by atoms with van der Waals surface area (Å²) in [6.45, 7) is 4.60. The van der Waals surface area contributed by atoms with Crippen LogP contribution in [0, 0.1) is 0 Å². The summed E-state index contributed by atoms with van der Waals surface area (Å²) in [6.07, 6.45) is 1.46. The molecule has 5 heteroatoms. The third-order valence-corrected chi connectivity index (χ3v) is 5.99. The van der Waals surface area contributed by atoms with Crippen LogP contribution in [0.2, 0.25) is 0 Å². The first-order valence-electron chi connectivity index (χ1n) is 7.15. The van der Waals surface area contributed by atoms with Gasteiger partial charge in [-0.05, 0) is 47.2 Å². The zero-order valence-electron chi connectivity index (χ0n) is 12.6. The molecule has 3 rings (SSSR count). The van der Waals surface area contributed by atoms with Crippen molar-refractivity contribution < 1.29 is 17.8 Å². The normalized spacial score (nSPS) is 15.4. The van der Waals surface area contributed by atoms with Gasteiger partial charge in [0.2, 0.25) is 0 Å². The molecule has 0 aliphatic heterocycles. The lowest BCUT2D eigenvalue weighted by atomic mass is 9.89. The number of hydrogen-bond donors (Lipinski definition) is 1. The largest absolute Gasteiger partial charge is 0.293 e. The Hall–Kier alpha value is -2.24. The fourth-order valence-corrected chi connectivity index (χ4v) is 4.00. The third kappa shape index (κ3) is 2.16. The van der Waals surface area contributed by atoms with Gasteiger partial charge in [-0.3, -0.25) is 9.35 Å². The molecule has 0 radical (unpaired) electrons. The number of benzene rings is 2. The van der Waals surface area contributed by atoms with E-state index >= 15 is 0 Å². The first-order valence-corrected chi connectivity index (χ1v) is 8.59. The molecule has 23 heavy (non-hydrogen) atoms. The molecule has 0 fully saturated rings. The fourth-order valence-electron chi connectivity index (χ4n) is 3.20. The lowest BCUT2D eigenvalue weighted by Gasteiger charge is -2.26. The highest BCUT2D eigenvalue weighted by Gasteiger charge is 2.47. The lowest BCUT2D eigenvalue weighted by molar-refractivity contribution is -0.116. The summed E-state index contributed by atoms with van der Waals surface area (Å²) in [5, 5.41) is 0. The van der Waals surface area contributed by atoms with Crippen molar-refractivity contribution in [1.29, 1.82) is 0 Å². The fraction of sp³-hybridized carbons (Fsp3) is 0.167. The van der Waals surface area contributed by atoms with Crippen LogP contribution in [-0.4, -0.2) is 18.8 Å². The van der Waals surface area contributed by atoms with E-state index in [2.05, 4.69) is 6.58 Å². The molecule has 4 nitrogen and oxygen atoms in total. The Balaban J connectivity index is 2.31. The van der Waals surface area contributed by atoms with Crippen LogP contribution in [0.25, 0.3) is 11.1 Å². The average molecular weight is 328 g/mol. The molecule has 1 N–H and O–H groups in total. The van der Waals surface area contributed by atoms with Gasteiger partial charge in [0.25, 0.3) is 10.1 Å². The third-order valence-electron chi connectivity index (χ3n) is 4.54. The van der Waals surface area contributed by atoms with Crippen LogP contribution in [0.1, 0.15) is 23.6 Å². The number of carbonyl (C=O) groups is 1. The van der Waals surface area contributed by atoms with Crippen LogP contribution in [0.4, 0.5) is 0 Å². The van der Waals surface area contributed by atoms with Crippen molar-refractivity contribution in [3.8, 4) is 11.1 Å². The Morgan fingerprint density at radius 1 is 1.17 bits per heavy atom. The van der Waals surface area contributed by atoms with Gasteiger partial charge in [0.05, 0.1) is 0 Å². The maximum absolute atomic E-state index is 12.3. The summed E-state index contributed by atoms with van der Waals surface area (Å²) in [4.78, 5) is 12.3. The molecule has 118 valence electrons. The first kappa shape index (κ1) is 15.6. The van der Waals surface area contributed by atoms with Gasteiger partial charge >= 0.3 is 0 Å². The Morgan fingerprint density at radius 2 is 1.83 bits per heavy atom. The molecule has 1 aliphatic rings. The summed E-state index contributed by atoms with van der Waals surface area (Å²) in [7, 11) is -4.66. The van der Waals surface area contributed by atoms with Gasteiger partial charge in [0, 0.05) is 0 Å². The molecule has 1 unspecified atom stereocenters. The van der Waals surface area contributed by atoms with Crippen molar-refractivity contribution in [3.05, 3.63) is 71.8 Å². The number of allylic oxidation sites excluding steroid dienone is 1. The van der Waals surface area contributed by atoms with Crippen molar-refractivity contribution >= 4 is 15.9 Å². The maximum Gasteiger partial charge on any atom is 0.282 e. The van der Waals surface area contributed by atoms with E-state index in [1.54, 1.807) is 12.1 Å². The van der Waals surface area contributed by atoms with Crippen molar-refractivity contribution in [2.75, 3.05) is 0 Å². The summed E-state index contributed by atoms with van der Waals surface area (Å²) in [6, 6.07) is 13.0. The molecule has 0 saturated heterocycles. The molecule has 0 spiro atoms. The van der Waals surface area contributed by atoms with Crippen molar-refractivity contribution in [1.82, 2.24) is 0 Å². The molecule has 2 aromatic rings. The van der Waals surface area contributed by atoms with E-state index in [0.717, 1.165) is 28.3 Å². The molecule has 0 bridgehead atoms. The van der Waals surface area contributed by atoms with E-state index in [1.165, 1.54) is 6.92 Å². The number of ketones is 1. The van der Waals surface area contributed by atoms with Crippen molar-refractivity contribution in [2.45, 2.75) is 18.1 Å². The van der Waals surface area contributed by atoms with Gasteiger partial charge in [0.1, 0.15) is 0 Å². The van der Waals surface area contributed by atoms with Gasteiger partial charge in [-0.1, -0.05) is 49.0 Å². The van der Waals surface area contributed by atoms with Crippen LogP contribution in [0.15, 0.2) is 55.1 Å². The van der Waals surface area contributed by atoms with Crippen LogP contribution in [0.5, 0.6) is 0 Å². The molecule has 0 aromatic heterocycles. The Bertz CT molecular complexity index is 928. The van der Waals surface area contributed by atoms with Crippen LogP contribution in [-0.2, 0) is 26.1 Å². The predicted octanol–water partition coefficient (Wildman–Crippen LogP) is 3.12. The molecule has 0 heterocycles. The van der Waals surface area contributed by atoms with Crippen LogP contribution >= 0.6 is 0 Å². The first-order chi connectivity index (χ1) is 10.8. The molecule has 1 aliphatic carbocycles. The minimum atomic E-state index is -4.66. The number of hydrogen-bond acceptors (Lipinski definition) is 3. The second kappa shape index (κ2) is 5.15. The number of carbonyl (C=O) groups excluding carboxylic acids is 1. The van der Waals surface area contributed by atoms with Crippen molar-refractivity contribution in [2.24, 2.45) is 0 Å². The van der Waals surface area contributed by atoms with Gasteiger partial charge in [-0.2, -0.15) is 8.42 Å². The smallest absolute Gasteiger partial charge is 0.282 e. The van der Waals surface area contributed by atoms with E-state index in [1.807, 2.05) is 30.3 Å². The monoisotopic (exact) mass is 328 g/mol. The standard InChI is InChI=1S/C18H16O4S/c1-3-17(19)18(2,23(20,21)22)16-10-6-9-14-13-8-5-4-7-12(13)11-15(14)16/h3-10H,1,11H2,2H3,(H,20,21,22). The second-order valence-corrected chi connectivity index (χ2v) is 7.51. The Labute approximate surface area is 135 Å². The summed E-state index contributed by atoms with van der Waals surface area (Å²) >= 11 is 0. The van der Waals surface area contributed by atoms with E-state index < -0.39 is 20.6 Å². The van der Waals surface area contributed by atoms with Gasteiger partial charge in [-0.25, -0.2) is 0 Å². The highest BCUT2D eigenvalue weighted by atomic mass is 32.2. The molecular weight excluding hydrogens is 312 g/mol. The van der Waals surface area contributed by atoms with Crippen LogP contribution in [0.3, 0.4) is 0 Å². The van der Waals surface area contributed by atoms with Crippen molar-refractivity contribution in [3.63, 3.8) is 0 Å². The SMILES string of the molecule is C=CC(=O)C(C)(c1cccc2c1Cc1ccccc1-2)S(=O)(=O)O. The molecule has 2 aromatic carbocycles. The van der Waals surface area contributed by atoms with E-state index in [4.69, 9.17) is 0 Å². The zero-order chi connectivity index (χ0) is 16.8. The van der Waals surface area contributed by atoms with Crippen LogP contribution < -0.4 is 0 Å². The summed E-state index contributed by atoms with van der Waals surface area (Å²) in [5.74, 6) is -0.746. The van der Waals surface area contributed by atoms with Gasteiger partial charge < -0.3 is 0 Å². The quantitative estimate of drug-likeness (QED) is 0.590. The highest BCUT2D eigenvalue weighted by Crippen LogP contribution is 2.43. The maximum atomic E-state index is 12.3. The van der Waals surface area contributed by atoms with Gasteiger partial charge in [-0.15, -0.1) is 0 Å². The second-order valence-electron chi connectivity index (χ2n) is 5.74. The molecular formula is C18H16O4S. The summed E-state index contributed by atoms with van der Waals surface area (Å²) in [5.41, 5.74) is 4.04. The summed E-state index contributed by atoms with van der Waals surface area (Å²) < 4.78 is 31.7. The highest BCUT2D eigenvalue weighted by molar-refractivity contribution is 7.87. The lowest BCUT2D eigenvalue weighted by Crippen LogP contribution is -2.40. The van der Waals surface area contributed by atoms with Gasteiger partial charge in [0.15, 0.2) is 10.5 Å². The molecule has 0 amide bonds. The number of rotatable bonds is 4. The minimum Gasteiger partial charge on any atom is -0.293 e. The number of fused-ring (bicyclic) bond motifs is 3. The minimum absolute atomic E-state index is 0.304. The van der Waals surface area contributed by atoms with E-state index in [9.17, 15) is 17.8 Å². The average Bonchev–Trinajstić information content (AvgIpc) is 2.90. The molecule has 1 atom stereocenters. The van der Waals surface area contributed by atoms with E-state index in [-0.39, 0.29) is 0 Å². The van der Waals surface area contributed by atoms with E-state index in [0.29, 0.717) is 12.0 Å². The Kier molecular flexibility index (Phi) is 3.50. The topological polar surface area (TPSA) is 71.4 Å². The zero-order valence-corrected chi connectivity index (χ0v) is 13.4. The molecule has 0 saturated carbocycles.